The molecule has 5 heteroatoms. The van der Waals surface area contributed by atoms with Gasteiger partial charge in [0.25, 0.3) is 5.91 Å². The van der Waals surface area contributed by atoms with Gasteiger partial charge in [-0.15, -0.1) is 0 Å². The van der Waals surface area contributed by atoms with Gasteiger partial charge in [0.1, 0.15) is 0 Å². The van der Waals surface area contributed by atoms with Gasteiger partial charge in [0.05, 0.1) is 5.56 Å². The molecule has 0 fully saturated rings. The summed E-state index contributed by atoms with van der Waals surface area (Å²) in [5, 5.41) is 2.90. The normalized spacial score (nSPS) is 10.4. The van der Waals surface area contributed by atoms with Crippen molar-refractivity contribution in [3.8, 4) is 0 Å². The maximum Gasteiger partial charge on any atom is 0.254 e. The smallest absolute Gasteiger partial charge is 0.254 e. The minimum atomic E-state index is -0.108. The van der Waals surface area contributed by atoms with Crippen molar-refractivity contribution in [1.82, 2.24) is 15.3 Å². The van der Waals surface area contributed by atoms with Crippen LogP contribution in [0.4, 0.5) is 5.95 Å². The maximum atomic E-state index is 12.0. The molecule has 0 saturated heterocycles. The average Bonchev–Trinajstić information content (AvgIpc) is 2.64. The van der Waals surface area contributed by atoms with E-state index < -0.39 is 0 Å². The van der Waals surface area contributed by atoms with Crippen molar-refractivity contribution in [3.05, 3.63) is 53.9 Å². The van der Waals surface area contributed by atoms with Gasteiger partial charge in [-0.1, -0.05) is 50.1 Å². The Labute approximate surface area is 144 Å². The van der Waals surface area contributed by atoms with Crippen LogP contribution in [0.3, 0.4) is 0 Å². The van der Waals surface area contributed by atoms with Gasteiger partial charge < -0.3 is 10.2 Å². The third kappa shape index (κ3) is 5.33. The minimum absolute atomic E-state index is 0.108. The fourth-order valence-electron chi connectivity index (χ4n) is 2.41. The molecule has 0 saturated carbocycles. The van der Waals surface area contributed by atoms with E-state index in [9.17, 15) is 4.79 Å². The number of carbonyl (C=O) groups is 1. The van der Waals surface area contributed by atoms with Gasteiger partial charge in [-0.3, -0.25) is 4.79 Å². The highest BCUT2D eigenvalue weighted by Crippen LogP contribution is 2.12. The van der Waals surface area contributed by atoms with Crippen LogP contribution in [0.1, 0.15) is 49.0 Å². The minimum Gasteiger partial charge on any atom is -0.352 e. The zero-order valence-corrected chi connectivity index (χ0v) is 14.5. The molecule has 0 radical (unpaired) electrons. The highest BCUT2D eigenvalue weighted by molar-refractivity contribution is 5.93. The molecule has 24 heavy (non-hydrogen) atoms. The number of rotatable bonds is 9. The van der Waals surface area contributed by atoms with Gasteiger partial charge in [0.15, 0.2) is 0 Å². The number of amides is 1. The molecule has 128 valence electrons. The molecule has 1 aromatic carbocycles. The Morgan fingerprint density at radius 3 is 2.42 bits per heavy atom. The molecule has 0 unspecified atom stereocenters. The second-order valence-electron chi connectivity index (χ2n) is 5.73. The largest absolute Gasteiger partial charge is 0.352 e. The fraction of sp³-hybridized carbons (Fsp3) is 0.421. The van der Waals surface area contributed by atoms with Gasteiger partial charge in [-0.05, 0) is 18.9 Å². The topological polar surface area (TPSA) is 58.1 Å². The molecule has 1 N–H and O–H groups in total. The van der Waals surface area contributed by atoms with Crippen molar-refractivity contribution in [1.29, 1.82) is 0 Å². The molecule has 0 aliphatic carbocycles. The van der Waals surface area contributed by atoms with Crippen LogP contribution in [0.25, 0.3) is 0 Å². The van der Waals surface area contributed by atoms with Crippen LogP contribution < -0.4 is 10.2 Å². The van der Waals surface area contributed by atoms with Crippen molar-refractivity contribution in [2.24, 2.45) is 0 Å². The summed E-state index contributed by atoms with van der Waals surface area (Å²) in [5.41, 5.74) is 1.71. The molecule has 0 bridgehead atoms. The zero-order valence-electron chi connectivity index (χ0n) is 14.5. The summed E-state index contributed by atoms with van der Waals surface area (Å²) in [4.78, 5) is 22.9. The van der Waals surface area contributed by atoms with Crippen LogP contribution in [-0.2, 0) is 6.54 Å². The lowest BCUT2D eigenvalue weighted by molar-refractivity contribution is 0.0952. The van der Waals surface area contributed by atoms with Gasteiger partial charge in [-0.25, -0.2) is 9.97 Å². The molecular weight excluding hydrogens is 300 g/mol. The van der Waals surface area contributed by atoms with Crippen LogP contribution in [0, 0.1) is 0 Å². The zero-order chi connectivity index (χ0) is 17.2. The number of aromatic nitrogens is 2. The SMILES string of the molecule is CCCCCNC(=O)c1cnc(N(CC)Cc2ccccc2)nc1. The van der Waals surface area contributed by atoms with Crippen molar-refractivity contribution in [2.75, 3.05) is 18.0 Å². The molecule has 0 atom stereocenters. The second-order valence-corrected chi connectivity index (χ2v) is 5.73. The molecule has 1 heterocycles. The monoisotopic (exact) mass is 326 g/mol. The summed E-state index contributed by atoms with van der Waals surface area (Å²) >= 11 is 0. The number of nitrogens with one attached hydrogen (secondary N) is 1. The summed E-state index contributed by atoms with van der Waals surface area (Å²) in [6, 6.07) is 10.2. The highest BCUT2D eigenvalue weighted by atomic mass is 16.1. The Bertz CT molecular complexity index is 613. The first-order chi connectivity index (χ1) is 11.7. The van der Waals surface area contributed by atoms with Crippen LogP contribution >= 0.6 is 0 Å². The lowest BCUT2D eigenvalue weighted by Gasteiger charge is -2.20. The standard InChI is InChI=1S/C19H26N4O/c1-3-5-9-12-20-18(24)17-13-21-19(22-14-17)23(4-2)15-16-10-7-6-8-11-16/h6-8,10-11,13-14H,3-5,9,12,15H2,1-2H3,(H,20,24). The predicted octanol–water partition coefficient (Wildman–Crippen LogP) is 3.42. The van der Waals surface area contributed by atoms with Crippen LogP contribution in [-0.4, -0.2) is 29.0 Å². The first-order valence-corrected chi connectivity index (χ1v) is 8.63. The number of nitrogens with zero attached hydrogens (tertiary/aromatic N) is 3. The van der Waals surface area contributed by atoms with Gasteiger partial charge in [-0.2, -0.15) is 0 Å². The highest BCUT2D eigenvalue weighted by Gasteiger charge is 2.11. The molecule has 5 nitrogen and oxygen atoms in total. The number of hydrogen-bond acceptors (Lipinski definition) is 4. The van der Waals surface area contributed by atoms with Crippen molar-refractivity contribution >= 4 is 11.9 Å². The van der Waals surface area contributed by atoms with E-state index in [-0.39, 0.29) is 5.91 Å². The molecule has 1 aromatic heterocycles. The fourth-order valence-corrected chi connectivity index (χ4v) is 2.41. The van der Waals surface area contributed by atoms with Crippen molar-refractivity contribution in [3.63, 3.8) is 0 Å². The first-order valence-electron chi connectivity index (χ1n) is 8.63. The summed E-state index contributed by atoms with van der Waals surface area (Å²) < 4.78 is 0. The third-order valence-corrected chi connectivity index (χ3v) is 3.85. The Morgan fingerprint density at radius 1 is 1.08 bits per heavy atom. The number of anilines is 1. The van der Waals surface area contributed by atoms with Gasteiger partial charge in [0.2, 0.25) is 5.95 Å². The molecule has 0 aliphatic rings. The summed E-state index contributed by atoms with van der Waals surface area (Å²) in [7, 11) is 0. The Kier molecular flexibility index (Phi) is 7.21. The molecule has 2 rings (SSSR count). The number of carbonyl (C=O) groups excluding carboxylic acids is 1. The predicted molar refractivity (Wildman–Crippen MR) is 97.1 cm³/mol. The van der Waals surface area contributed by atoms with Gasteiger partial charge >= 0.3 is 0 Å². The first kappa shape index (κ1) is 17.9. The van der Waals surface area contributed by atoms with Gasteiger partial charge in [0, 0.05) is 32.0 Å². The van der Waals surface area contributed by atoms with E-state index >= 15 is 0 Å². The van der Waals surface area contributed by atoms with Crippen LogP contribution in [0.2, 0.25) is 0 Å². The molecule has 0 spiro atoms. The average molecular weight is 326 g/mol. The van der Waals surface area contributed by atoms with Crippen LogP contribution in [0.5, 0.6) is 0 Å². The van der Waals surface area contributed by atoms with Crippen molar-refractivity contribution < 1.29 is 4.79 Å². The third-order valence-electron chi connectivity index (χ3n) is 3.85. The van der Waals surface area contributed by atoms with E-state index in [0.29, 0.717) is 18.1 Å². The summed E-state index contributed by atoms with van der Waals surface area (Å²) in [6.07, 6.45) is 6.47. The number of benzene rings is 1. The maximum absolute atomic E-state index is 12.0. The van der Waals surface area contributed by atoms with E-state index in [0.717, 1.165) is 32.4 Å². The Hall–Kier alpha value is -2.43. The Morgan fingerprint density at radius 2 is 1.79 bits per heavy atom. The second kappa shape index (κ2) is 9.65. The van der Waals surface area contributed by atoms with E-state index in [2.05, 4.69) is 46.2 Å². The van der Waals surface area contributed by atoms with Crippen LogP contribution in [0.15, 0.2) is 42.7 Å². The number of unbranched alkanes of at least 4 members (excludes halogenated alkanes) is 2. The summed E-state index contributed by atoms with van der Waals surface area (Å²) in [5.74, 6) is 0.535. The molecule has 0 aliphatic heterocycles. The Balaban J connectivity index is 1.95. The van der Waals surface area contributed by atoms with E-state index in [1.54, 1.807) is 12.4 Å². The molecule has 1 amide bonds. The lowest BCUT2D eigenvalue weighted by atomic mass is 10.2. The lowest BCUT2D eigenvalue weighted by Crippen LogP contribution is -2.26. The van der Waals surface area contributed by atoms with Crippen molar-refractivity contribution in [2.45, 2.75) is 39.7 Å². The van der Waals surface area contributed by atoms with E-state index in [1.807, 2.05) is 18.2 Å². The van der Waals surface area contributed by atoms with E-state index in [1.165, 1.54) is 5.56 Å². The van der Waals surface area contributed by atoms with E-state index in [4.69, 9.17) is 0 Å². The quantitative estimate of drug-likeness (QED) is 0.717. The molecule has 2 aromatic rings. The number of hydrogen-bond donors (Lipinski definition) is 1. The summed E-state index contributed by atoms with van der Waals surface area (Å²) in [6.45, 7) is 6.46. The molecular formula is C19H26N4O.